The van der Waals surface area contributed by atoms with Crippen LogP contribution in [0.3, 0.4) is 0 Å². The van der Waals surface area contributed by atoms with Crippen LogP contribution in [0.5, 0.6) is 0 Å². The van der Waals surface area contributed by atoms with Crippen LogP contribution in [0, 0.1) is 0 Å². The van der Waals surface area contributed by atoms with Gasteiger partial charge in [0.05, 0.1) is 25.4 Å². The van der Waals surface area contributed by atoms with Crippen LogP contribution in [0.2, 0.25) is 0 Å². The highest BCUT2D eigenvalue weighted by atomic mass is 16.5. The van der Waals surface area contributed by atoms with Gasteiger partial charge in [-0.3, -0.25) is 9.59 Å². The summed E-state index contributed by atoms with van der Waals surface area (Å²) in [6.45, 7) is 4.91. The summed E-state index contributed by atoms with van der Waals surface area (Å²) in [6, 6.07) is -0.548. The monoisotopic (exact) mass is 860 g/mol. The number of unbranched alkanes of at least 4 members (excludes halogenated alkanes) is 35. The molecule has 2 atom stereocenters. The van der Waals surface area contributed by atoms with Crippen molar-refractivity contribution in [1.82, 2.24) is 5.32 Å². The Morgan fingerprint density at radius 1 is 0.443 bits per heavy atom. The van der Waals surface area contributed by atoms with Gasteiger partial charge in [0.25, 0.3) is 0 Å². The average Bonchev–Trinajstić information content (AvgIpc) is 3.26. The fourth-order valence-corrected chi connectivity index (χ4v) is 8.28. The Labute approximate surface area is 380 Å². The maximum absolute atomic E-state index is 12.4. The minimum absolute atomic E-state index is 0.00540. The first-order chi connectivity index (χ1) is 30.0. The molecule has 0 aliphatic heterocycles. The molecule has 0 saturated heterocycles. The molecule has 0 spiro atoms. The molecule has 61 heavy (non-hydrogen) atoms. The SMILES string of the molecule is CCCCCCCC/C=C\CCCCCCCCCC(=O)OCCCCCCCC/C=C\CCCCCCCCCC(=O)NC(CO)C(O)CCCCCCCCCCCC. The van der Waals surface area contributed by atoms with Crippen molar-refractivity contribution in [1.29, 1.82) is 0 Å². The summed E-state index contributed by atoms with van der Waals surface area (Å²) in [4.78, 5) is 24.5. The van der Waals surface area contributed by atoms with Gasteiger partial charge in [-0.15, -0.1) is 0 Å². The minimum atomic E-state index is -0.670. The van der Waals surface area contributed by atoms with Crippen LogP contribution in [-0.2, 0) is 14.3 Å². The van der Waals surface area contributed by atoms with Gasteiger partial charge in [0, 0.05) is 12.8 Å². The number of aliphatic hydroxyl groups excluding tert-OH is 2. The van der Waals surface area contributed by atoms with Gasteiger partial charge in [-0.05, 0) is 77.0 Å². The summed E-state index contributed by atoms with van der Waals surface area (Å²) in [6.07, 6.45) is 60.2. The van der Waals surface area contributed by atoms with E-state index < -0.39 is 12.1 Å². The summed E-state index contributed by atoms with van der Waals surface area (Å²) in [7, 11) is 0. The van der Waals surface area contributed by atoms with Gasteiger partial charge in [0.2, 0.25) is 5.91 Å². The van der Waals surface area contributed by atoms with E-state index in [0.29, 0.717) is 25.9 Å². The minimum Gasteiger partial charge on any atom is -0.466 e. The maximum Gasteiger partial charge on any atom is 0.305 e. The van der Waals surface area contributed by atoms with E-state index in [9.17, 15) is 19.8 Å². The summed E-state index contributed by atoms with van der Waals surface area (Å²) in [5.74, 6) is -0.0543. The standard InChI is InChI=1S/C55H105NO5/c1-3-5-7-9-11-13-15-16-17-19-23-26-29-33-37-41-45-49-55(60)61-50-46-42-38-34-30-27-24-21-18-20-22-25-28-32-36-40-44-48-54(59)56-52(51-57)53(58)47-43-39-35-31-14-12-10-8-6-4-2/h16-18,21,52-53,57-58H,3-15,19-20,22-51H2,1-2H3,(H,56,59)/b17-16-,21-18-. The first-order valence-electron chi connectivity index (χ1n) is 27.1. The molecule has 360 valence electrons. The Kier molecular flexibility index (Phi) is 49.6. The molecule has 0 heterocycles. The van der Waals surface area contributed by atoms with Crippen LogP contribution in [0.15, 0.2) is 24.3 Å². The summed E-state index contributed by atoms with van der Waals surface area (Å²) >= 11 is 0. The van der Waals surface area contributed by atoms with Crippen LogP contribution >= 0.6 is 0 Å². The molecule has 0 fully saturated rings. The second-order valence-corrected chi connectivity index (χ2v) is 18.6. The molecular weight excluding hydrogens is 755 g/mol. The number of rotatable bonds is 50. The molecule has 0 aliphatic rings. The second kappa shape index (κ2) is 51.0. The van der Waals surface area contributed by atoms with Crippen LogP contribution in [0.4, 0.5) is 0 Å². The van der Waals surface area contributed by atoms with Gasteiger partial charge in [-0.1, -0.05) is 224 Å². The van der Waals surface area contributed by atoms with Gasteiger partial charge in [-0.2, -0.15) is 0 Å². The molecule has 0 bridgehead atoms. The van der Waals surface area contributed by atoms with Crippen molar-refractivity contribution < 1.29 is 24.5 Å². The van der Waals surface area contributed by atoms with Gasteiger partial charge < -0.3 is 20.3 Å². The molecule has 6 heteroatoms. The van der Waals surface area contributed by atoms with Gasteiger partial charge in [0.15, 0.2) is 0 Å². The highest BCUT2D eigenvalue weighted by Crippen LogP contribution is 2.16. The van der Waals surface area contributed by atoms with Crippen LogP contribution in [0.25, 0.3) is 0 Å². The van der Waals surface area contributed by atoms with E-state index in [1.54, 1.807) is 0 Å². The lowest BCUT2D eigenvalue weighted by Crippen LogP contribution is -2.45. The van der Waals surface area contributed by atoms with E-state index in [1.807, 2.05) is 0 Å². The quantitative estimate of drug-likeness (QED) is 0.0322. The molecule has 0 aromatic heterocycles. The number of esters is 1. The van der Waals surface area contributed by atoms with E-state index in [0.717, 1.165) is 57.8 Å². The van der Waals surface area contributed by atoms with Crippen LogP contribution in [-0.4, -0.2) is 47.4 Å². The smallest absolute Gasteiger partial charge is 0.305 e. The lowest BCUT2D eigenvalue weighted by atomic mass is 10.0. The number of allylic oxidation sites excluding steroid dienone is 4. The van der Waals surface area contributed by atoms with Crippen molar-refractivity contribution in [3.8, 4) is 0 Å². The lowest BCUT2D eigenvalue weighted by Gasteiger charge is -2.22. The molecule has 1 amide bonds. The van der Waals surface area contributed by atoms with E-state index in [2.05, 4.69) is 43.5 Å². The zero-order valence-electron chi connectivity index (χ0n) is 40.9. The number of hydrogen-bond donors (Lipinski definition) is 3. The average molecular weight is 860 g/mol. The number of nitrogens with one attached hydrogen (secondary N) is 1. The van der Waals surface area contributed by atoms with Crippen molar-refractivity contribution >= 4 is 11.9 Å². The zero-order chi connectivity index (χ0) is 44.4. The van der Waals surface area contributed by atoms with Gasteiger partial charge in [-0.25, -0.2) is 0 Å². The lowest BCUT2D eigenvalue weighted by molar-refractivity contribution is -0.143. The second-order valence-electron chi connectivity index (χ2n) is 18.6. The number of carbonyl (C=O) groups excluding carboxylic acids is 2. The number of ether oxygens (including phenoxy) is 1. The van der Waals surface area contributed by atoms with Crippen molar-refractivity contribution in [3.63, 3.8) is 0 Å². The Hall–Kier alpha value is -1.66. The highest BCUT2D eigenvalue weighted by Gasteiger charge is 2.20. The normalized spacial score (nSPS) is 12.8. The maximum atomic E-state index is 12.4. The third-order valence-electron chi connectivity index (χ3n) is 12.5. The summed E-state index contributed by atoms with van der Waals surface area (Å²) < 4.78 is 5.47. The third-order valence-corrected chi connectivity index (χ3v) is 12.5. The Bertz CT molecular complexity index is 951. The molecule has 2 unspecified atom stereocenters. The predicted molar refractivity (Wildman–Crippen MR) is 264 cm³/mol. The van der Waals surface area contributed by atoms with E-state index >= 15 is 0 Å². The van der Waals surface area contributed by atoms with Crippen molar-refractivity contribution in [3.05, 3.63) is 24.3 Å². The number of aliphatic hydroxyl groups is 2. The third kappa shape index (κ3) is 47.7. The largest absolute Gasteiger partial charge is 0.466 e. The van der Waals surface area contributed by atoms with Crippen LogP contribution in [0.1, 0.15) is 290 Å². The van der Waals surface area contributed by atoms with Gasteiger partial charge >= 0.3 is 5.97 Å². The first kappa shape index (κ1) is 59.3. The van der Waals surface area contributed by atoms with Crippen molar-refractivity contribution in [2.45, 2.75) is 302 Å². The fourth-order valence-electron chi connectivity index (χ4n) is 8.28. The van der Waals surface area contributed by atoms with E-state index in [4.69, 9.17) is 4.74 Å². The molecule has 0 aromatic rings. The molecule has 0 aliphatic carbocycles. The predicted octanol–water partition coefficient (Wildman–Crippen LogP) is 16.3. The number of hydrogen-bond acceptors (Lipinski definition) is 5. The van der Waals surface area contributed by atoms with Crippen molar-refractivity contribution in [2.24, 2.45) is 0 Å². The molecule has 0 radical (unpaired) electrons. The molecule has 0 rings (SSSR count). The molecule has 3 N–H and O–H groups in total. The van der Waals surface area contributed by atoms with E-state index in [1.165, 1.54) is 199 Å². The van der Waals surface area contributed by atoms with Crippen molar-refractivity contribution in [2.75, 3.05) is 13.2 Å². The summed E-state index contributed by atoms with van der Waals surface area (Å²) in [5, 5.41) is 23.1. The van der Waals surface area contributed by atoms with Crippen LogP contribution < -0.4 is 5.32 Å². The molecule has 0 aromatic carbocycles. The van der Waals surface area contributed by atoms with Gasteiger partial charge in [0.1, 0.15) is 0 Å². The summed E-state index contributed by atoms with van der Waals surface area (Å²) in [5.41, 5.74) is 0. The zero-order valence-corrected chi connectivity index (χ0v) is 40.9. The highest BCUT2D eigenvalue weighted by molar-refractivity contribution is 5.76. The Balaban J connectivity index is 3.43. The number of amides is 1. The topological polar surface area (TPSA) is 95.9 Å². The molecular formula is C55H105NO5. The number of carbonyl (C=O) groups is 2. The molecule has 0 saturated carbocycles. The molecule has 6 nitrogen and oxygen atoms in total. The van der Waals surface area contributed by atoms with E-state index in [-0.39, 0.29) is 18.5 Å². The Morgan fingerprint density at radius 2 is 0.770 bits per heavy atom. The Morgan fingerprint density at radius 3 is 1.16 bits per heavy atom. The first-order valence-corrected chi connectivity index (χ1v) is 27.1. The fraction of sp³-hybridized carbons (Fsp3) is 0.891.